The van der Waals surface area contributed by atoms with E-state index in [9.17, 15) is 44.7 Å². The number of carbonyl (C=O) groups excluding carboxylic acids is 4. The van der Waals surface area contributed by atoms with Crippen LogP contribution in [0.15, 0.2) is 133 Å². The van der Waals surface area contributed by atoms with Crippen LogP contribution in [0.2, 0.25) is 0 Å². The summed E-state index contributed by atoms with van der Waals surface area (Å²) in [5, 5.41) is 59.4. The second kappa shape index (κ2) is 28.1. The third-order valence-corrected chi connectivity index (χ3v) is 12.1. The van der Waals surface area contributed by atoms with Crippen molar-refractivity contribution in [1.82, 2.24) is 5.32 Å². The third kappa shape index (κ3) is 18.0. The smallest absolute Gasteiger partial charge is 0.338 e. The molecule has 10 N–H and O–H groups in total. The lowest BCUT2D eigenvalue weighted by Crippen LogP contribution is -2.56. The number of hydrogen-bond donors (Lipinski definition) is 9. The van der Waals surface area contributed by atoms with E-state index in [0.29, 0.717) is 18.8 Å². The fourth-order valence-corrected chi connectivity index (χ4v) is 8.12. The van der Waals surface area contributed by atoms with Crippen molar-refractivity contribution in [3.8, 4) is 0 Å². The van der Waals surface area contributed by atoms with E-state index in [4.69, 9.17) is 19.9 Å². The molecular formula is C56H75ClN6O12. The standard InChI is InChI=1S/C28H37N3O6.C16H17N3O.C12H20O5.ClH/c1-28(2,3)15-14-22(32)23(33)24(34)25(37-4)27(36)30-20-17-31(16-18-10-6-5-7-11-18)21-13-9-8-12-19(21)29-26(20)35;17-13-11-19(10-12-6-2-1-3-7-12)15-9-5-4-8-14(15)18-16(13)20;1-12(2,3)6-5-7(13)9-8(14)10(16-4)11(15)17-9;/h5-15,20,22-25,32-34H,16-17H2,1-4H3,(H,29,35)(H,30,36);1-9,13H,10-11,17H2,(H,18,20);5-10,13-14H,1-4H3;1H/b15-14+;;6-5+;/t20-,22+,23-,24+,25+;13-;7-,8-,9+,10-;/m001./s1. The van der Waals surface area contributed by atoms with Gasteiger partial charge < -0.3 is 71.2 Å². The summed E-state index contributed by atoms with van der Waals surface area (Å²) in [5.74, 6) is -1.98. The van der Waals surface area contributed by atoms with Gasteiger partial charge in [-0.3, -0.25) is 14.4 Å². The largest absolute Gasteiger partial charge is 0.454 e. The molecule has 19 heteroatoms. The van der Waals surface area contributed by atoms with Crippen molar-refractivity contribution in [3.05, 3.63) is 145 Å². The average Bonchev–Trinajstić information content (AvgIpc) is 3.51. The number of carbonyl (C=O) groups is 4. The number of cyclic esters (lactones) is 1. The maximum Gasteiger partial charge on any atom is 0.338 e. The summed E-state index contributed by atoms with van der Waals surface area (Å²) in [6, 6.07) is 33.6. The minimum atomic E-state index is -1.74. The summed E-state index contributed by atoms with van der Waals surface area (Å²) in [4.78, 5) is 53.5. The summed E-state index contributed by atoms with van der Waals surface area (Å²) < 4.78 is 14.9. The summed E-state index contributed by atoms with van der Waals surface area (Å²) in [5.41, 5.74) is 11.1. The number of ether oxygens (including phenoxy) is 3. The molecular weight excluding hydrogens is 984 g/mol. The topological polar surface area (TPSA) is 266 Å². The average molecular weight is 1060 g/mol. The number of nitrogens with two attached hydrogens (primary N) is 1. The van der Waals surface area contributed by atoms with Crippen LogP contribution >= 0.6 is 12.4 Å². The molecule has 0 unspecified atom stereocenters. The molecule has 7 rings (SSSR count). The molecule has 3 amide bonds. The molecule has 3 heterocycles. The van der Waals surface area contributed by atoms with Crippen LogP contribution < -0.4 is 31.5 Å². The predicted molar refractivity (Wildman–Crippen MR) is 291 cm³/mol. The normalized spacial score (nSPS) is 21.6. The number of amides is 3. The number of esters is 1. The van der Waals surface area contributed by atoms with Gasteiger partial charge in [0.05, 0.1) is 22.7 Å². The Labute approximate surface area is 446 Å². The number of aliphatic hydroxyl groups is 5. The van der Waals surface area contributed by atoms with Crippen LogP contribution in [0.3, 0.4) is 0 Å². The van der Waals surface area contributed by atoms with Gasteiger partial charge in [0.2, 0.25) is 11.8 Å². The van der Waals surface area contributed by atoms with Crippen molar-refractivity contribution in [1.29, 1.82) is 0 Å². The van der Waals surface area contributed by atoms with Gasteiger partial charge in [-0.15, -0.1) is 12.4 Å². The highest BCUT2D eigenvalue weighted by molar-refractivity contribution is 6.02. The van der Waals surface area contributed by atoms with Crippen LogP contribution in [0.25, 0.3) is 0 Å². The number of fused-ring (bicyclic) bond motifs is 2. The van der Waals surface area contributed by atoms with E-state index in [-0.39, 0.29) is 35.7 Å². The lowest BCUT2D eigenvalue weighted by atomic mass is 9.94. The summed E-state index contributed by atoms with van der Waals surface area (Å²) >= 11 is 0. The first-order valence-corrected chi connectivity index (χ1v) is 24.5. The maximum absolute atomic E-state index is 13.1. The van der Waals surface area contributed by atoms with Gasteiger partial charge in [0, 0.05) is 40.4 Å². The molecule has 0 bridgehead atoms. The zero-order valence-corrected chi connectivity index (χ0v) is 44.6. The third-order valence-electron chi connectivity index (χ3n) is 12.1. The molecule has 75 heavy (non-hydrogen) atoms. The predicted octanol–water partition coefficient (Wildman–Crippen LogP) is 4.48. The molecule has 0 aliphatic carbocycles. The van der Waals surface area contributed by atoms with Crippen molar-refractivity contribution in [2.75, 3.05) is 47.7 Å². The molecule has 1 fully saturated rings. The highest BCUT2D eigenvalue weighted by Crippen LogP contribution is 2.31. The van der Waals surface area contributed by atoms with Crippen LogP contribution in [0.1, 0.15) is 52.7 Å². The molecule has 0 spiro atoms. The van der Waals surface area contributed by atoms with Crippen LogP contribution in [0.4, 0.5) is 22.7 Å². The second-order valence-electron chi connectivity index (χ2n) is 20.5. The Bertz CT molecular complexity index is 2520. The first-order chi connectivity index (χ1) is 35.0. The minimum Gasteiger partial charge on any atom is -0.454 e. The van der Waals surface area contributed by atoms with E-state index in [0.717, 1.165) is 29.2 Å². The molecule has 3 aliphatic rings. The fraction of sp³-hybridized carbons (Fsp3) is 0.429. The molecule has 408 valence electrons. The van der Waals surface area contributed by atoms with Crippen molar-refractivity contribution in [2.24, 2.45) is 16.6 Å². The molecule has 4 aromatic rings. The molecule has 0 radical (unpaired) electrons. The van der Waals surface area contributed by atoms with Gasteiger partial charge in [0.15, 0.2) is 18.3 Å². The van der Waals surface area contributed by atoms with Gasteiger partial charge in [-0.1, -0.05) is 151 Å². The Morgan fingerprint density at radius 1 is 0.720 bits per heavy atom. The number of methoxy groups -OCH3 is 2. The van der Waals surface area contributed by atoms with Gasteiger partial charge in [-0.2, -0.15) is 0 Å². The first-order valence-electron chi connectivity index (χ1n) is 24.5. The maximum atomic E-state index is 13.1. The first kappa shape index (κ1) is 61.4. The summed E-state index contributed by atoms with van der Waals surface area (Å²) in [6.45, 7) is 13.6. The van der Waals surface area contributed by atoms with Crippen molar-refractivity contribution in [3.63, 3.8) is 0 Å². The van der Waals surface area contributed by atoms with E-state index in [1.165, 1.54) is 31.9 Å². The van der Waals surface area contributed by atoms with E-state index in [2.05, 4.69) is 33.0 Å². The monoisotopic (exact) mass is 1060 g/mol. The van der Waals surface area contributed by atoms with Gasteiger partial charge in [0.25, 0.3) is 5.91 Å². The van der Waals surface area contributed by atoms with Crippen LogP contribution in [0, 0.1) is 10.8 Å². The number of nitrogens with zero attached hydrogens (tertiary/aromatic N) is 2. The van der Waals surface area contributed by atoms with Crippen LogP contribution in [0.5, 0.6) is 0 Å². The lowest BCUT2D eigenvalue weighted by Gasteiger charge is -2.30. The van der Waals surface area contributed by atoms with E-state index in [1.54, 1.807) is 18.2 Å². The van der Waals surface area contributed by atoms with Crippen molar-refractivity contribution < 1.29 is 58.9 Å². The fourth-order valence-electron chi connectivity index (χ4n) is 8.12. The molecule has 18 nitrogen and oxygen atoms in total. The number of benzene rings is 4. The molecule has 4 aromatic carbocycles. The SMILES string of the molecule is CO[C@@H](C(=O)N[C@H]1CN(Cc2ccccc2)c2ccccc2NC1=O)[C@H](O)[C@@H](O)[C@H](O)/C=C/C(C)(C)C.CO[C@H]1C(=O)O[C@@H]([C@H](O)/C=C/C(C)(C)C)[C@H]1O.Cl.N[C@H]1CN(Cc2ccccc2)c2ccccc2NC1=O. The molecule has 0 aromatic heterocycles. The number of hydrogen-bond acceptors (Lipinski definition) is 15. The molecule has 0 saturated carbocycles. The van der Waals surface area contributed by atoms with E-state index < -0.39 is 78.7 Å². The number of halogens is 1. The van der Waals surface area contributed by atoms with Crippen molar-refractivity contribution >= 4 is 58.8 Å². The van der Waals surface area contributed by atoms with Gasteiger partial charge in [-0.05, 0) is 46.2 Å². The number of aliphatic hydroxyl groups excluding tert-OH is 5. The quantitative estimate of drug-likeness (QED) is 0.0623. The Balaban J connectivity index is 0.000000268. The Morgan fingerprint density at radius 2 is 1.19 bits per heavy atom. The van der Waals surface area contributed by atoms with E-state index >= 15 is 0 Å². The van der Waals surface area contributed by atoms with Crippen LogP contribution in [-0.2, 0) is 46.5 Å². The number of nitrogens with one attached hydrogen (secondary N) is 3. The summed E-state index contributed by atoms with van der Waals surface area (Å²) in [7, 11) is 2.52. The number of rotatable bonds is 14. The number of anilines is 4. The number of para-hydroxylation sites is 4. The highest BCUT2D eigenvalue weighted by atomic mass is 35.5. The van der Waals surface area contributed by atoms with Crippen molar-refractivity contribution in [2.45, 2.75) is 116 Å². The zero-order valence-electron chi connectivity index (χ0n) is 43.8. The Morgan fingerprint density at radius 3 is 1.67 bits per heavy atom. The molecule has 1 saturated heterocycles. The highest BCUT2D eigenvalue weighted by Gasteiger charge is 2.47. The minimum absolute atomic E-state index is 0. The van der Waals surface area contributed by atoms with Gasteiger partial charge in [0.1, 0.15) is 42.6 Å². The van der Waals surface area contributed by atoms with Gasteiger partial charge in [-0.25, -0.2) is 4.79 Å². The lowest BCUT2D eigenvalue weighted by molar-refractivity contribution is -0.151. The number of allylic oxidation sites excluding steroid dienone is 2. The van der Waals surface area contributed by atoms with Gasteiger partial charge >= 0.3 is 5.97 Å². The second-order valence-corrected chi connectivity index (χ2v) is 20.5. The Kier molecular flexibility index (Phi) is 23.0. The van der Waals surface area contributed by atoms with E-state index in [1.807, 2.05) is 137 Å². The Hall–Kier alpha value is -6.19. The molecule has 3 aliphatic heterocycles. The summed E-state index contributed by atoms with van der Waals surface area (Å²) in [6.07, 6.45) is -4.13. The molecule has 10 atom stereocenters. The zero-order chi connectivity index (χ0) is 54.3. The van der Waals surface area contributed by atoms with Crippen LogP contribution in [-0.4, -0.2) is 137 Å².